The maximum atomic E-state index is 12.6. The number of amides is 1. The Balaban J connectivity index is 1.77. The molecule has 2 aliphatic rings. The van der Waals surface area contributed by atoms with Gasteiger partial charge in [0.25, 0.3) is 5.91 Å². The molecular weight excluding hydrogens is 336 g/mol. The summed E-state index contributed by atoms with van der Waals surface area (Å²) >= 11 is 1.20. The van der Waals surface area contributed by atoms with E-state index in [1.165, 1.54) is 21.7 Å². The van der Waals surface area contributed by atoms with E-state index in [9.17, 15) is 13.2 Å². The summed E-state index contributed by atoms with van der Waals surface area (Å²) in [5, 5.41) is 1.58. The van der Waals surface area contributed by atoms with Crippen LogP contribution in [0.15, 0.2) is 16.3 Å². The van der Waals surface area contributed by atoms with Gasteiger partial charge in [0, 0.05) is 31.6 Å². The number of ether oxygens (including phenoxy) is 1. The Morgan fingerprint density at radius 3 is 2.43 bits per heavy atom. The number of rotatable bonds is 3. The Bertz CT molecular complexity index is 669. The zero-order chi connectivity index (χ0) is 16.6. The third kappa shape index (κ3) is 3.45. The van der Waals surface area contributed by atoms with Gasteiger partial charge in [-0.2, -0.15) is 4.31 Å². The fourth-order valence-corrected chi connectivity index (χ4v) is 5.89. The molecule has 0 radical (unpaired) electrons. The first-order valence-corrected chi connectivity index (χ1v) is 10.2. The fraction of sp³-hybridized carbons (Fsp3) is 0.667. The molecule has 0 aromatic carbocycles. The van der Waals surface area contributed by atoms with Crippen molar-refractivity contribution >= 4 is 27.3 Å². The largest absolute Gasteiger partial charge is 0.372 e. The molecule has 3 heterocycles. The molecule has 0 N–H and O–H groups in total. The van der Waals surface area contributed by atoms with Crippen molar-refractivity contribution in [1.82, 2.24) is 9.21 Å². The van der Waals surface area contributed by atoms with Crippen LogP contribution < -0.4 is 0 Å². The van der Waals surface area contributed by atoms with Crippen LogP contribution >= 0.6 is 11.3 Å². The van der Waals surface area contributed by atoms with Gasteiger partial charge >= 0.3 is 0 Å². The van der Waals surface area contributed by atoms with Gasteiger partial charge in [0.1, 0.15) is 0 Å². The molecule has 0 unspecified atom stereocenters. The van der Waals surface area contributed by atoms with Gasteiger partial charge in [-0.05, 0) is 32.8 Å². The van der Waals surface area contributed by atoms with Crippen molar-refractivity contribution in [1.29, 1.82) is 0 Å². The van der Waals surface area contributed by atoms with Crippen LogP contribution in [0.3, 0.4) is 0 Å². The van der Waals surface area contributed by atoms with Crippen LogP contribution in [-0.2, 0) is 14.8 Å². The van der Waals surface area contributed by atoms with Crippen LogP contribution in [0.1, 0.15) is 36.4 Å². The third-order valence-corrected chi connectivity index (χ3v) is 7.14. The maximum absolute atomic E-state index is 12.6. The molecule has 8 heteroatoms. The molecule has 3 rings (SSSR count). The first-order valence-electron chi connectivity index (χ1n) is 7.91. The van der Waals surface area contributed by atoms with Crippen LogP contribution in [0.4, 0.5) is 0 Å². The van der Waals surface area contributed by atoms with Crippen molar-refractivity contribution in [3.63, 3.8) is 0 Å². The average molecular weight is 358 g/mol. The fourth-order valence-electron chi connectivity index (χ4n) is 3.14. The van der Waals surface area contributed by atoms with Crippen LogP contribution in [0.2, 0.25) is 0 Å². The molecule has 1 amide bonds. The highest BCUT2D eigenvalue weighted by atomic mass is 32.2. The standard InChI is InChI=1S/C15H22N2O4S2/c1-11-8-16(9-12(2)21-11)15(18)14-7-13(10-22-14)23(19,20)17-5-3-4-6-17/h7,10-12H,3-6,8-9H2,1-2H3/t11-,12-/m1/s1. The van der Waals surface area contributed by atoms with Crippen LogP contribution in [0.25, 0.3) is 0 Å². The lowest BCUT2D eigenvalue weighted by Crippen LogP contribution is -2.48. The molecule has 2 aliphatic heterocycles. The molecule has 128 valence electrons. The van der Waals surface area contributed by atoms with Gasteiger partial charge in [-0.15, -0.1) is 11.3 Å². The quantitative estimate of drug-likeness (QED) is 0.826. The predicted octanol–water partition coefficient (Wildman–Crippen LogP) is 1.78. The number of morpholine rings is 1. The summed E-state index contributed by atoms with van der Waals surface area (Å²) in [7, 11) is -3.46. The molecule has 1 aromatic heterocycles. The van der Waals surface area contributed by atoms with Gasteiger partial charge in [0.2, 0.25) is 10.0 Å². The Morgan fingerprint density at radius 1 is 1.22 bits per heavy atom. The average Bonchev–Trinajstić information content (AvgIpc) is 3.17. The molecule has 6 nitrogen and oxygen atoms in total. The maximum Gasteiger partial charge on any atom is 0.264 e. The molecule has 0 aliphatic carbocycles. The van der Waals surface area contributed by atoms with Gasteiger partial charge < -0.3 is 9.64 Å². The van der Waals surface area contributed by atoms with E-state index in [0.717, 1.165) is 12.8 Å². The lowest BCUT2D eigenvalue weighted by atomic mass is 10.2. The summed E-state index contributed by atoms with van der Waals surface area (Å²) in [5.41, 5.74) is 0. The second-order valence-electron chi connectivity index (χ2n) is 6.23. The van der Waals surface area contributed by atoms with Gasteiger partial charge in [0.15, 0.2) is 0 Å². The SMILES string of the molecule is C[C@@H]1CN(C(=O)c2cc(S(=O)(=O)N3CCCC3)cs2)C[C@@H](C)O1. The Hall–Kier alpha value is -0.960. The first-order chi connectivity index (χ1) is 10.9. The summed E-state index contributed by atoms with van der Waals surface area (Å²) in [6.07, 6.45) is 1.79. The minimum absolute atomic E-state index is 0.00420. The Kier molecular flexibility index (Phi) is 4.78. The van der Waals surface area contributed by atoms with Crippen molar-refractivity contribution in [2.45, 2.75) is 43.8 Å². The Morgan fingerprint density at radius 2 is 1.83 bits per heavy atom. The number of carbonyl (C=O) groups is 1. The molecule has 0 bridgehead atoms. The molecule has 2 saturated heterocycles. The summed E-state index contributed by atoms with van der Waals surface area (Å²) < 4.78 is 32.2. The zero-order valence-electron chi connectivity index (χ0n) is 13.4. The summed E-state index contributed by atoms with van der Waals surface area (Å²) in [6.45, 7) is 6.09. The van der Waals surface area contributed by atoms with Crippen LogP contribution in [0.5, 0.6) is 0 Å². The van der Waals surface area contributed by atoms with E-state index >= 15 is 0 Å². The Labute approximate surface area is 141 Å². The highest BCUT2D eigenvalue weighted by Crippen LogP contribution is 2.27. The van der Waals surface area contributed by atoms with E-state index < -0.39 is 10.0 Å². The van der Waals surface area contributed by atoms with Crippen molar-refractivity contribution in [2.75, 3.05) is 26.2 Å². The molecular formula is C15H22N2O4S2. The number of carbonyl (C=O) groups excluding carboxylic acids is 1. The minimum atomic E-state index is -3.46. The van der Waals surface area contributed by atoms with E-state index in [4.69, 9.17) is 4.74 Å². The molecule has 0 spiro atoms. The lowest BCUT2D eigenvalue weighted by molar-refractivity contribution is -0.0585. The second kappa shape index (κ2) is 6.51. The van der Waals surface area contributed by atoms with Crippen molar-refractivity contribution in [3.8, 4) is 0 Å². The molecule has 0 saturated carbocycles. The molecule has 23 heavy (non-hydrogen) atoms. The monoisotopic (exact) mass is 358 g/mol. The van der Waals surface area contributed by atoms with E-state index in [-0.39, 0.29) is 23.0 Å². The predicted molar refractivity (Wildman–Crippen MR) is 88.2 cm³/mol. The minimum Gasteiger partial charge on any atom is -0.372 e. The smallest absolute Gasteiger partial charge is 0.264 e. The van der Waals surface area contributed by atoms with Crippen molar-refractivity contribution in [2.24, 2.45) is 0 Å². The van der Waals surface area contributed by atoms with Gasteiger partial charge in [0.05, 0.1) is 22.0 Å². The van der Waals surface area contributed by atoms with Crippen molar-refractivity contribution in [3.05, 3.63) is 16.3 Å². The number of hydrogen-bond donors (Lipinski definition) is 0. The third-order valence-electron chi connectivity index (χ3n) is 4.20. The molecule has 1 aromatic rings. The highest BCUT2D eigenvalue weighted by molar-refractivity contribution is 7.89. The topological polar surface area (TPSA) is 66.9 Å². The molecule has 2 atom stereocenters. The van der Waals surface area contributed by atoms with Gasteiger partial charge in [-0.3, -0.25) is 4.79 Å². The van der Waals surface area contributed by atoms with E-state index in [2.05, 4.69) is 0 Å². The first kappa shape index (κ1) is 16.9. The van der Waals surface area contributed by atoms with Crippen LogP contribution in [-0.4, -0.2) is 61.9 Å². The van der Waals surface area contributed by atoms with Gasteiger partial charge in [-0.25, -0.2) is 8.42 Å². The normalized spacial score (nSPS) is 26.6. The number of sulfonamides is 1. The number of hydrogen-bond acceptors (Lipinski definition) is 5. The van der Waals surface area contributed by atoms with Crippen molar-refractivity contribution < 1.29 is 17.9 Å². The van der Waals surface area contributed by atoms with E-state index in [0.29, 0.717) is 31.1 Å². The second-order valence-corrected chi connectivity index (χ2v) is 9.07. The van der Waals surface area contributed by atoms with E-state index in [1.807, 2.05) is 13.8 Å². The summed E-state index contributed by atoms with van der Waals surface area (Å²) in [4.78, 5) is 15.1. The van der Waals surface area contributed by atoms with Gasteiger partial charge in [-0.1, -0.05) is 0 Å². The highest BCUT2D eigenvalue weighted by Gasteiger charge is 2.31. The summed E-state index contributed by atoms with van der Waals surface area (Å²) in [6, 6.07) is 1.52. The lowest BCUT2D eigenvalue weighted by Gasteiger charge is -2.35. The summed E-state index contributed by atoms with van der Waals surface area (Å²) in [5.74, 6) is -0.111. The molecule has 2 fully saturated rings. The zero-order valence-corrected chi connectivity index (χ0v) is 15.0. The van der Waals surface area contributed by atoms with Crippen LogP contribution in [0, 0.1) is 0 Å². The number of thiophene rings is 1. The number of nitrogens with zero attached hydrogens (tertiary/aromatic N) is 2. The van der Waals surface area contributed by atoms with E-state index in [1.54, 1.807) is 10.3 Å².